The molecule has 2 N–H and O–H groups in total. The molecular weight excluding hydrogens is 276 g/mol. The average Bonchev–Trinajstić information content (AvgIpc) is 2.67. The van der Waals surface area contributed by atoms with Gasteiger partial charge in [0.2, 0.25) is 0 Å². The minimum absolute atomic E-state index is 0.480. The maximum atomic E-state index is 11.2. The molecular formula is C13H22N4O2S. The number of carbonyl (C=O) groups is 1. The third-order valence-electron chi connectivity index (χ3n) is 3.39. The summed E-state index contributed by atoms with van der Waals surface area (Å²) in [5, 5.41) is 21.5. The smallest absolute Gasteiger partial charge is 0.321 e. The second-order valence-corrected chi connectivity index (χ2v) is 6.00. The molecule has 0 spiro atoms. The Morgan fingerprint density at radius 2 is 2.30 bits per heavy atom. The Bertz CT molecular complexity index is 450. The average molecular weight is 298 g/mol. The molecule has 0 amide bonds. The zero-order chi connectivity index (χ0) is 14.4. The number of carboxylic acid groups (broad SMARTS) is 1. The number of aryl methyl sites for hydroxylation is 1. The largest absolute Gasteiger partial charge is 0.480 e. The highest BCUT2D eigenvalue weighted by atomic mass is 32.2. The van der Waals surface area contributed by atoms with E-state index in [1.165, 1.54) is 24.6 Å². The van der Waals surface area contributed by atoms with Gasteiger partial charge in [-0.1, -0.05) is 25.1 Å². The number of aromatic nitrogens is 3. The predicted octanol–water partition coefficient (Wildman–Crippen LogP) is 1.55. The van der Waals surface area contributed by atoms with Crippen LogP contribution in [-0.2, 0) is 17.8 Å². The van der Waals surface area contributed by atoms with Crippen LogP contribution in [0.15, 0.2) is 5.16 Å². The Balaban J connectivity index is 1.95. The van der Waals surface area contributed by atoms with Gasteiger partial charge in [0.25, 0.3) is 0 Å². The van der Waals surface area contributed by atoms with E-state index in [0.29, 0.717) is 5.75 Å². The van der Waals surface area contributed by atoms with Crippen molar-refractivity contribution >= 4 is 17.7 Å². The lowest BCUT2D eigenvalue weighted by Gasteiger charge is -2.13. The summed E-state index contributed by atoms with van der Waals surface area (Å²) < 4.78 is 2.15. The van der Waals surface area contributed by atoms with Crippen LogP contribution in [-0.4, -0.2) is 44.2 Å². The molecule has 0 bridgehead atoms. The first-order valence-electron chi connectivity index (χ1n) is 7.23. The van der Waals surface area contributed by atoms with Crippen molar-refractivity contribution in [3.05, 3.63) is 5.82 Å². The Morgan fingerprint density at radius 3 is 3.05 bits per heavy atom. The van der Waals surface area contributed by atoms with Gasteiger partial charge in [0, 0.05) is 18.7 Å². The van der Waals surface area contributed by atoms with Crippen LogP contribution in [0.3, 0.4) is 0 Å². The van der Waals surface area contributed by atoms with Gasteiger partial charge < -0.3 is 15.0 Å². The highest BCUT2D eigenvalue weighted by Crippen LogP contribution is 2.22. The monoisotopic (exact) mass is 298 g/mol. The summed E-state index contributed by atoms with van der Waals surface area (Å²) in [6, 6.07) is -0.529. The Hall–Kier alpha value is -1.08. The molecule has 0 aromatic carbocycles. The summed E-state index contributed by atoms with van der Waals surface area (Å²) in [5.74, 6) is 0.716. The molecule has 0 radical (unpaired) electrons. The van der Waals surface area contributed by atoms with Crippen LogP contribution < -0.4 is 5.32 Å². The SMILES string of the molecule is CCCNC(CSc1nnc2n1CCCCC2)C(=O)O. The number of hydrogen-bond acceptors (Lipinski definition) is 5. The van der Waals surface area contributed by atoms with Crippen LogP contribution >= 0.6 is 11.8 Å². The Labute approximate surface area is 123 Å². The van der Waals surface area contributed by atoms with Crippen molar-refractivity contribution in [2.75, 3.05) is 12.3 Å². The third kappa shape index (κ3) is 3.96. The molecule has 1 aromatic rings. The highest BCUT2D eigenvalue weighted by molar-refractivity contribution is 7.99. The maximum Gasteiger partial charge on any atom is 0.321 e. The van der Waals surface area contributed by atoms with Crippen LogP contribution in [0.25, 0.3) is 0 Å². The van der Waals surface area contributed by atoms with Crippen molar-refractivity contribution in [3.63, 3.8) is 0 Å². The predicted molar refractivity (Wildman–Crippen MR) is 78.0 cm³/mol. The molecule has 0 aliphatic carbocycles. The van der Waals surface area contributed by atoms with Crippen molar-refractivity contribution in [1.29, 1.82) is 0 Å². The second kappa shape index (κ2) is 7.64. The molecule has 7 heteroatoms. The molecule has 1 atom stereocenters. The van der Waals surface area contributed by atoms with Gasteiger partial charge in [-0.15, -0.1) is 10.2 Å². The normalized spacial score (nSPS) is 16.4. The van der Waals surface area contributed by atoms with Crippen LogP contribution in [0.2, 0.25) is 0 Å². The van der Waals surface area contributed by atoms with E-state index in [1.54, 1.807) is 0 Å². The van der Waals surface area contributed by atoms with Gasteiger partial charge in [-0.05, 0) is 25.8 Å². The molecule has 1 aromatic heterocycles. The topological polar surface area (TPSA) is 80.0 Å². The fraction of sp³-hybridized carbons (Fsp3) is 0.769. The lowest BCUT2D eigenvalue weighted by atomic mass is 10.2. The van der Waals surface area contributed by atoms with E-state index < -0.39 is 12.0 Å². The van der Waals surface area contributed by atoms with Gasteiger partial charge in [-0.3, -0.25) is 4.79 Å². The molecule has 2 heterocycles. The second-order valence-electron chi connectivity index (χ2n) is 5.02. The van der Waals surface area contributed by atoms with Gasteiger partial charge >= 0.3 is 5.97 Å². The fourth-order valence-corrected chi connectivity index (χ4v) is 3.29. The Morgan fingerprint density at radius 1 is 1.45 bits per heavy atom. The number of rotatable bonds is 7. The van der Waals surface area contributed by atoms with Gasteiger partial charge in [-0.2, -0.15) is 0 Å². The summed E-state index contributed by atoms with van der Waals surface area (Å²) in [5.41, 5.74) is 0. The quantitative estimate of drug-likeness (QED) is 0.744. The fourth-order valence-electron chi connectivity index (χ4n) is 2.26. The summed E-state index contributed by atoms with van der Waals surface area (Å²) >= 11 is 1.48. The zero-order valence-corrected chi connectivity index (χ0v) is 12.7. The van der Waals surface area contributed by atoms with E-state index in [2.05, 4.69) is 20.1 Å². The lowest BCUT2D eigenvalue weighted by Crippen LogP contribution is -2.39. The lowest BCUT2D eigenvalue weighted by molar-refractivity contribution is -0.138. The molecule has 6 nitrogen and oxygen atoms in total. The van der Waals surface area contributed by atoms with Crippen LogP contribution in [0.5, 0.6) is 0 Å². The molecule has 112 valence electrons. The standard InChI is InChI=1S/C13H22N4O2S/c1-2-7-14-10(12(18)19)9-20-13-16-15-11-6-4-3-5-8-17(11)13/h10,14H,2-9H2,1H3,(H,18,19). The minimum atomic E-state index is -0.804. The molecule has 2 rings (SSSR count). The first kappa shape index (κ1) is 15.3. The molecule has 1 aliphatic heterocycles. The van der Waals surface area contributed by atoms with E-state index in [-0.39, 0.29) is 0 Å². The highest BCUT2D eigenvalue weighted by Gasteiger charge is 2.20. The molecule has 0 saturated carbocycles. The van der Waals surface area contributed by atoms with Crippen molar-refractivity contribution in [2.24, 2.45) is 0 Å². The first-order chi connectivity index (χ1) is 9.72. The number of carboxylic acids is 1. The van der Waals surface area contributed by atoms with E-state index >= 15 is 0 Å². The van der Waals surface area contributed by atoms with Crippen LogP contribution in [0.4, 0.5) is 0 Å². The maximum absolute atomic E-state index is 11.2. The van der Waals surface area contributed by atoms with E-state index in [4.69, 9.17) is 0 Å². The van der Waals surface area contributed by atoms with Gasteiger partial charge in [0.05, 0.1) is 0 Å². The summed E-state index contributed by atoms with van der Waals surface area (Å²) in [6.45, 7) is 3.69. The summed E-state index contributed by atoms with van der Waals surface area (Å²) in [7, 11) is 0. The summed E-state index contributed by atoms with van der Waals surface area (Å²) in [6.07, 6.45) is 5.44. The first-order valence-corrected chi connectivity index (χ1v) is 8.22. The van der Waals surface area contributed by atoms with Crippen LogP contribution in [0.1, 0.15) is 38.4 Å². The number of aliphatic carboxylic acids is 1. The number of thioether (sulfide) groups is 1. The van der Waals surface area contributed by atoms with Crippen molar-refractivity contribution in [3.8, 4) is 0 Å². The molecule has 1 aliphatic rings. The van der Waals surface area contributed by atoms with Crippen LogP contribution in [0, 0.1) is 0 Å². The van der Waals surface area contributed by atoms with Gasteiger partial charge in [0.15, 0.2) is 5.16 Å². The van der Waals surface area contributed by atoms with E-state index in [0.717, 1.165) is 43.3 Å². The molecule has 0 fully saturated rings. The third-order valence-corrected chi connectivity index (χ3v) is 4.45. The number of fused-ring (bicyclic) bond motifs is 1. The van der Waals surface area contributed by atoms with E-state index in [9.17, 15) is 9.90 Å². The molecule has 20 heavy (non-hydrogen) atoms. The minimum Gasteiger partial charge on any atom is -0.480 e. The summed E-state index contributed by atoms with van der Waals surface area (Å²) in [4.78, 5) is 11.2. The van der Waals surface area contributed by atoms with Crippen molar-refractivity contribution in [2.45, 2.75) is 56.8 Å². The molecule has 1 unspecified atom stereocenters. The van der Waals surface area contributed by atoms with Gasteiger partial charge in [0.1, 0.15) is 11.9 Å². The van der Waals surface area contributed by atoms with Crippen molar-refractivity contribution < 1.29 is 9.90 Å². The molecule has 0 saturated heterocycles. The number of nitrogens with one attached hydrogen (secondary N) is 1. The Kier molecular flexibility index (Phi) is 5.85. The van der Waals surface area contributed by atoms with E-state index in [1.807, 2.05) is 6.92 Å². The van der Waals surface area contributed by atoms with Crippen molar-refractivity contribution in [1.82, 2.24) is 20.1 Å². The number of hydrogen-bond donors (Lipinski definition) is 2. The zero-order valence-electron chi connectivity index (χ0n) is 11.8. The van der Waals surface area contributed by atoms with Gasteiger partial charge in [-0.25, -0.2) is 0 Å². The number of nitrogens with zero attached hydrogens (tertiary/aromatic N) is 3.